The Bertz CT molecular complexity index is 714. The zero-order valence-corrected chi connectivity index (χ0v) is 12.3. The standard InChI is InChI=1S/C16H18FNO3/c1-9(2)16(20)7-18(8-16)15(19)13-10(3)11-5-4-6-12(17)14(11)21-13/h4-6,9,20H,7-8H2,1-3H3. The number of aliphatic hydroxyl groups is 1. The van der Waals surface area contributed by atoms with Crippen molar-refractivity contribution in [3.8, 4) is 0 Å². The van der Waals surface area contributed by atoms with E-state index in [4.69, 9.17) is 4.42 Å². The minimum atomic E-state index is -0.833. The van der Waals surface area contributed by atoms with E-state index in [-0.39, 0.29) is 36.3 Å². The predicted octanol–water partition coefficient (Wildman–Crippen LogP) is 2.72. The molecule has 1 saturated heterocycles. The summed E-state index contributed by atoms with van der Waals surface area (Å²) in [6, 6.07) is 4.63. The number of carbonyl (C=O) groups excluding carboxylic acids is 1. The summed E-state index contributed by atoms with van der Waals surface area (Å²) in [6.45, 7) is 6.14. The van der Waals surface area contributed by atoms with Gasteiger partial charge in [0.05, 0.1) is 13.1 Å². The Balaban J connectivity index is 1.90. The Labute approximate surface area is 122 Å². The van der Waals surface area contributed by atoms with Crippen molar-refractivity contribution in [2.24, 2.45) is 5.92 Å². The average molecular weight is 291 g/mol. The number of benzene rings is 1. The van der Waals surface area contributed by atoms with Crippen molar-refractivity contribution in [2.45, 2.75) is 26.4 Å². The van der Waals surface area contributed by atoms with Crippen molar-refractivity contribution in [3.05, 3.63) is 35.3 Å². The maximum Gasteiger partial charge on any atom is 0.290 e. The van der Waals surface area contributed by atoms with E-state index in [0.29, 0.717) is 10.9 Å². The summed E-state index contributed by atoms with van der Waals surface area (Å²) in [5.74, 6) is -0.540. The molecule has 1 aromatic heterocycles. The van der Waals surface area contributed by atoms with Crippen LogP contribution in [-0.2, 0) is 0 Å². The van der Waals surface area contributed by atoms with Crippen LogP contribution in [-0.4, -0.2) is 34.6 Å². The minimum absolute atomic E-state index is 0.0794. The van der Waals surface area contributed by atoms with Crippen LogP contribution < -0.4 is 0 Å². The molecule has 3 rings (SSSR count). The number of carbonyl (C=O) groups is 1. The second-order valence-electron chi connectivity index (χ2n) is 6.09. The third kappa shape index (κ3) is 2.03. The van der Waals surface area contributed by atoms with Gasteiger partial charge >= 0.3 is 0 Å². The molecule has 1 aromatic carbocycles. The van der Waals surface area contributed by atoms with Crippen molar-refractivity contribution < 1.29 is 18.7 Å². The van der Waals surface area contributed by atoms with Gasteiger partial charge in [-0.25, -0.2) is 4.39 Å². The van der Waals surface area contributed by atoms with Gasteiger partial charge in [0.15, 0.2) is 17.2 Å². The van der Waals surface area contributed by atoms with Gasteiger partial charge < -0.3 is 14.4 Å². The molecule has 1 fully saturated rings. The molecule has 1 amide bonds. The van der Waals surface area contributed by atoms with Crippen molar-refractivity contribution in [1.82, 2.24) is 4.90 Å². The highest BCUT2D eigenvalue weighted by atomic mass is 19.1. The maximum absolute atomic E-state index is 13.7. The highest BCUT2D eigenvalue weighted by molar-refractivity contribution is 5.99. The summed E-state index contributed by atoms with van der Waals surface area (Å²) in [7, 11) is 0. The number of amides is 1. The summed E-state index contributed by atoms with van der Waals surface area (Å²) in [4.78, 5) is 14.0. The number of likely N-dealkylation sites (tertiary alicyclic amines) is 1. The molecule has 21 heavy (non-hydrogen) atoms. The van der Waals surface area contributed by atoms with Crippen LogP contribution in [0, 0.1) is 18.7 Å². The van der Waals surface area contributed by atoms with Crippen molar-refractivity contribution in [3.63, 3.8) is 0 Å². The van der Waals surface area contributed by atoms with E-state index in [1.54, 1.807) is 19.1 Å². The number of halogens is 1. The largest absolute Gasteiger partial charge is 0.448 e. The minimum Gasteiger partial charge on any atom is -0.448 e. The van der Waals surface area contributed by atoms with Crippen LogP contribution in [0.15, 0.2) is 22.6 Å². The van der Waals surface area contributed by atoms with Gasteiger partial charge in [-0.3, -0.25) is 4.79 Å². The van der Waals surface area contributed by atoms with Crippen LogP contribution in [0.1, 0.15) is 30.0 Å². The Hall–Kier alpha value is -1.88. The number of rotatable bonds is 2. The van der Waals surface area contributed by atoms with E-state index in [2.05, 4.69) is 0 Å². The van der Waals surface area contributed by atoms with E-state index >= 15 is 0 Å². The van der Waals surface area contributed by atoms with Crippen LogP contribution in [0.5, 0.6) is 0 Å². The number of β-amino-alcohol motifs (C(OH)–C–C–N with tert-alkyl or cyclic N) is 1. The topological polar surface area (TPSA) is 53.7 Å². The molecule has 1 N–H and O–H groups in total. The summed E-state index contributed by atoms with van der Waals surface area (Å²) < 4.78 is 19.1. The summed E-state index contributed by atoms with van der Waals surface area (Å²) in [5, 5.41) is 10.8. The number of nitrogens with zero attached hydrogens (tertiary/aromatic N) is 1. The van der Waals surface area contributed by atoms with E-state index < -0.39 is 11.4 Å². The fourth-order valence-corrected chi connectivity index (χ4v) is 2.68. The first-order valence-electron chi connectivity index (χ1n) is 7.03. The van der Waals surface area contributed by atoms with Gasteiger partial charge in [-0.2, -0.15) is 0 Å². The van der Waals surface area contributed by atoms with Crippen LogP contribution >= 0.6 is 0 Å². The van der Waals surface area contributed by atoms with Crippen LogP contribution in [0.3, 0.4) is 0 Å². The van der Waals surface area contributed by atoms with E-state index in [1.165, 1.54) is 11.0 Å². The Morgan fingerprint density at radius 1 is 1.43 bits per heavy atom. The molecule has 0 spiro atoms. The highest BCUT2D eigenvalue weighted by Crippen LogP contribution is 2.33. The van der Waals surface area contributed by atoms with Gasteiger partial charge in [-0.1, -0.05) is 26.0 Å². The molecule has 1 aliphatic heterocycles. The quantitative estimate of drug-likeness (QED) is 0.925. The SMILES string of the molecule is Cc1c(C(=O)N2CC(O)(C(C)C)C2)oc2c(F)cccc12. The Kier molecular flexibility index (Phi) is 3.06. The first-order chi connectivity index (χ1) is 9.83. The first kappa shape index (κ1) is 14.1. The molecule has 0 atom stereocenters. The first-order valence-corrected chi connectivity index (χ1v) is 7.03. The highest BCUT2D eigenvalue weighted by Gasteiger charge is 2.46. The van der Waals surface area contributed by atoms with Crippen LogP contribution in [0.4, 0.5) is 4.39 Å². The van der Waals surface area contributed by atoms with Crippen molar-refractivity contribution >= 4 is 16.9 Å². The number of fused-ring (bicyclic) bond motifs is 1. The smallest absolute Gasteiger partial charge is 0.290 e. The molecule has 0 saturated carbocycles. The number of hydrogen-bond donors (Lipinski definition) is 1. The molecular weight excluding hydrogens is 273 g/mol. The molecule has 2 heterocycles. The summed E-state index contributed by atoms with van der Waals surface area (Å²) >= 11 is 0. The third-order valence-corrected chi connectivity index (χ3v) is 4.40. The molecule has 1 aliphatic rings. The molecule has 4 nitrogen and oxygen atoms in total. The Morgan fingerprint density at radius 2 is 2.10 bits per heavy atom. The normalized spacial score (nSPS) is 17.3. The lowest BCUT2D eigenvalue weighted by molar-refractivity contribution is -0.111. The molecule has 0 aliphatic carbocycles. The van der Waals surface area contributed by atoms with Gasteiger partial charge in [0.1, 0.15) is 5.60 Å². The second-order valence-corrected chi connectivity index (χ2v) is 6.09. The monoisotopic (exact) mass is 291 g/mol. The number of hydrogen-bond acceptors (Lipinski definition) is 3. The fourth-order valence-electron chi connectivity index (χ4n) is 2.68. The molecule has 0 bridgehead atoms. The lowest BCUT2D eigenvalue weighted by atomic mass is 9.83. The molecule has 0 radical (unpaired) electrons. The fraction of sp³-hybridized carbons (Fsp3) is 0.438. The molecular formula is C16H18FNO3. The van der Waals surface area contributed by atoms with Crippen molar-refractivity contribution in [1.29, 1.82) is 0 Å². The summed E-state index contributed by atoms with van der Waals surface area (Å²) in [5.41, 5.74) is -0.0895. The Morgan fingerprint density at radius 3 is 2.67 bits per heavy atom. The molecule has 112 valence electrons. The van der Waals surface area contributed by atoms with Gasteiger partial charge in [0.25, 0.3) is 5.91 Å². The molecule has 2 aromatic rings. The van der Waals surface area contributed by atoms with Gasteiger partial charge in [-0.05, 0) is 18.9 Å². The predicted molar refractivity (Wildman–Crippen MR) is 76.6 cm³/mol. The maximum atomic E-state index is 13.7. The second kappa shape index (κ2) is 4.56. The van der Waals surface area contributed by atoms with Gasteiger partial charge in [0.2, 0.25) is 0 Å². The summed E-state index contributed by atoms with van der Waals surface area (Å²) in [6.07, 6.45) is 0. The number of aryl methyl sites for hydroxylation is 1. The van der Waals surface area contributed by atoms with Gasteiger partial charge in [-0.15, -0.1) is 0 Å². The van der Waals surface area contributed by atoms with Crippen molar-refractivity contribution in [2.75, 3.05) is 13.1 Å². The lowest BCUT2D eigenvalue weighted by Gasteiger charge is -2.48. The zero-order chi connectivity index (χ0) is 15.4. The number of para-hydroxylation sites is 1. The van der Waals surface area contributed by atoms with E-state index in [0.717, 1.165) is 0 Å². The third-order valence-electron chi connectivity index (χ3n) is 4.40. The van der Waals surface area contributed by atoms with Crippen LogP contribution in [0.2, 0.25) is 0 Å². The molecule has 0 unspecified atom stereocenters. The number of furan rings is 1. The molecule has 5 heteroatoms. The van der Waals surface area contributed by atoms with E-state index in [1.807, 2.05) is 13.8 Å². The van der Waals surface area contributed by atoms with E-state index in [9.17, 15) is 14.3 Å². The van der Waals surface area contributed by atoms with Crippen LogP contribution in [0.25, 0.3) is 11.0 Å². The zero-order valence-electron chi connectivity index (χ0n) is 12.3. The average Bonchev–Trinajstić information content (AvgIpc) is 2.73. The lowest BCUT2D eigenvalue weighted by Crippen LogP contribution is -2.65. The van der Waals surface area contributed by atoms with Gasteiger partial charge in [0, 0.05) is 10.9 Å².